The molecule has 0 fully saturated rings. The van der Waals surface area contributed by atoms with Gasteiger partial charge in [0.15, 0.2) is 6.61 Å². The lowest BCUT2D eigenvalue weighted by molar-refractivity contribution is -0.133. The standard InChI is InChI=1S/C22H22N2O3S/c1-24(13-20-23-18-8-4-5-9-19(18)28-20)21(25)14-27-22(26)17-11-10-15-6-2-3-7-16(15)12-17/h4-5,8-12H,2-3,6-7,13-14H2,1H3. The maximum absolute atomic E-state index is 12.4. The molecule has 5 nitrogen and oxygen atoms in total. The SMILES string of the molecule is CN(Cc1nc2ccccc2s1)C(=O)COC(=O)c1ccc2c(c1)CCCC2. The summed E-state index contributed by atoms with van der Waals surface area (Å²) in [7, 11) is 1.70. The lowest BCUT2D eigenvalue weighted by Crippen LogP contribution is -2.30. The van der Waals surface area contributed by atoms with Crippen molar-refractivity contribution in [1.29, 1.82) is 0 Å². The zero-order valence-corrected chi connectivity index (χ0v) is 16.6. The van der Waals surface area contributed by atoms with Crippen LogP contribution in [0.1, 0.15) is 39.3 Å². The van der Waals surface area contributed by atoms with Gasteiger partial charge < -0.3 is 9.64 Å². The van der Waals surface area contributed by atoms with E-state index in [1.54, 1.807) is 24.5 Å². The highest BCUT2D eigenvalue weighted by atomic mass is 32.1. The summed E-state index contributed by atoms with van der Waals surface area (Å²) >= 11 is 1.56. The molecule has 0 spiro atoms. The quantitative estimate of drug-likeness (QED) is 0.614. The number of carbonyl (C=O) groups is 2. The normalized spacial score (nSPS) is 13.2. The topological polar surface area (TPSA) is 59.5 Å². The second-order valence-corrected chi connectivity index (χ2v) is 8.21. The van der Waals surface area contributed by atoms with E-state index >= 15 is 0 Å². The molecule has 0 aliphatic heterocycles. The first-order chi connectivity index (χ1) is 13.6. The van der Waals surface area contributed by atoms with E-state index in [1.807, 2.05) is 36.4 Å². The van der Waals surface area contributed by atoms with E-state index in [0.717, 1.165) is 34.5 Å². The summed E-state index contributed by atoms with van der Waals surface area (Å²) < 4.78 is 6.35. The smallest absolute Gasteiger partial charge is 0.338 e. The van der Waals surface area contributed by atoms with Gasteiger partial charge in [-0.15, -0.1) is 11.3 Å². The maximum Gasteiger partial charge on any atom is 0.338 e. The lowest BCUT2D eigenvalue weighted by Gasteiger charge is -2.17. The second-order valence-electron chi connectivity index (χ2n) is 7.09. The summed E-state index contributed by atoms with van der Waals surface area (Å²) in [5.74, 6) is -0.694. The first kappa shape index (κ1) is 18.6. The fourth-order valence-electron chi connectivity index (χ4n) is 3.46. The van der Waals surface area contributed by atoms with Gasteiger partial charge in [0, 0.05) is 7.05 Å². The predicted octanol–water partition coefficient (Wildman–Crippen LogP) is 3.99. The minimum atomic E-state index is -0.449. The van der Waals surface area contributed by atoms with Gasteiger partial charge in [-0.3, -0.25) is 4.79 Å². The highest BCUT2D eigenvalue weighted by Crippen LogP contribution is 2.23. The highest BCUT2D eigenvalue weighted by Gasteiger charge is 2.17. The molecule has 0 N–H and O–H groups in total. The lowest BCUT2D eigenvalue weighted by atomic mass is 9.90. The Morgan fingerprint density at radius 2 is 1.89 bits per heavy atom. The molecule has 28 heavy (non-hydrogen) atoms. The number of aromatic nitrogens is 1. The largest absolute Gasteiger partial charge is 0.452 e. The van der Waals surface area contributed by atoms with Gasteiger partial charge in [-0.1, -0.05) is 18.2 Å². The number of amides is 1. The van der Waals surface area contributed by atoms with Crippen molar-refractivity contribution in [3.63, 3.8) is 0 Å². The third-order valence-electron chi connectivity index (χ3n) is 5.05. The number of aryl methyl sites for hydroxylation is 2. The molecular formula is C22H22N2O3S. The van der Waals surface area contributed by atoms with Crippen molar-refractivity contribution in [2.24, 2.45) is 0 Å². The van der Waals surface area contributed by atoms with Gasteiger partial charge in [0.1, 0.15) is 5.01 Å². The number of hydrogen-bond donors (Lipinski definition) is 0. The van der Waals surface area contributed by atoms with E-state index in [4.69, 9.17) is 4.74 Å². The Morgan fingerprint density at radius 3 is 2.71 bits per heavy atom. The van der Waals surface area contributed by atoms with E-state index in [9.17, 15) is 9.59 Å². The Bertz CT molecular complexity index is 995. The summed E-state index contributed by atoms with van der Waals surface area (Å²) in [4.78, 5) is 30.8. The molecule has 2 aromatic carbocycles. The van der Waals surface area contributed by atoms with E-state index in [2.05, 4.69) is 4.98 Å². The molecule has 3 aromatic rings. The van der Waals surface area contributed by atoms with Crippen molar-refractivity contribution < 1.29 is 14.3 Å². The molecule has 1 aromatic heterocycles. The van der Waals surface area contributed by atoms with E-state index in [-0.39, 0.29) is 12.5 Å². The molecule has 1 aliphatic rings. The van der Waals surface area contributed by atoms with E-state index in [0.29, 0.717) is 12.1 Å². The predicted molar refractivity (Wildman–Crippen MR) is 109 cm³/mol. The monoisotopic (exact) mass is 394 g/mol. The van der Waals surface area contributed by atoms with Crippen molar-refractivity contribution in [3.05, 3.63) is 64.2 Å². The number of rotatable bonds is 5. The van der Waals surface area contributed by atoms with Crippen LogP contribution in [0.4, 0.5) is 0 Å². The van der Waals surface area contributed by atoms with Gasteiger partial charge in [-0.05, 0) is 61.1 Å². The molecule has 4 rings (SSSR count). The fourth-order valence-corrected chi connectivity index (χ4v) is 4.48. The molecule has 1 aliphatic carbocycles. The number of benzene rings is 2. The summed E-state index contributed by atoms with van der Waals surface area (Å²) in [6.07, 6.45) is 4.42. The van der Waals surface area contributed by atoms with Crippen LogP contribution in [-0.4, -0.2) is 35.4 Å². The molecular weight excluding hydrogens is 372 g/mol. The van der Waals surface area contributed by atoms with Gasteiger partial charge in [0.2, 0.25) is 0 Å². The van der Waals surface area contributed by atoms with E-state index < -0.39 is 5.97 Å². The van der Waals surface area contributed by atoms with Crippen LogP contribution in [0, 0.1) is 0 Å². The Balaban J connectivity index is 1.33. The van der Waals surface area contributed by atoms with Crippen LogP contribution in [-0.2, 0) is 28.9 Å². The van der Waals surface area contributed by atoms with Crippen LogP contribution in [0.15, 0.2) is 42.5 Å². The first-order valence-corrected chi connectivity index (χ1v) is 10.3. The van der Waals surface area contributed by atoms with Crippen molar-refractivity contribution in [2.75, 3.05) is 13.7 Å². The Kier molecular flexibility index (Phi) is 5.39. The zero-order valence-electron chi connectivity index (χ0n) is 15.8. The van der Waals surface area contributed by atoms with Crippen molar-refractivity contribution in [3.8, 4) is 0 Å². The average molecular weight is 394 g/mol. The number of nitrogens with zero attached hydrogens (tertiary/aromatic N) is 2. The number of likely N-dealkylation sites (N-methyl/N-ethyl adjacent to an activating group) is 1. The molecule has 0 atom stereocenters. The van der Waals surface area contributed by atoms with Crippen LogP contribution < -0.4 is 0 Å². The molecule has 0 bridgehead atoms. The summed E-state index contributed by atoms with van der Waals surface area (Å²) in [5, 5.41) is 0.859. The molecule has 6 heteroatoms. The fraction of sp³-hybridized carbons (Fsp3) is 0.318. The third kappa shape index (κ3) is 4.07. The molecule has 0 saturated carbocycles. The van der Waals surface area contributed by atoms with Gasteiger partial charge >= 0.3 is 5.97 Å². The molecule has 0 radical (unpaired) electrons. The minimum absolute atomic E-state index is 0.245. The van der Waals surface area contributed by atoms with Gasteiger partial charge in [0.25, 0.3) is 5.91 Å². The third-order valence-corrected chi connectivity index (χ3v) is 6.07. The summed E-state index contributed by atoms with van der Waals surface area (Å²) in [6.45, 7) is 0.131. The number of thiazole rings is 1. The van der Waals surface area contributed by atoms with Crippen LogP contribution in [0.5, 0.6) is 0 Å². The number of carbonyl (C=O) groups excluding carboxylic acids is 2. The van der Waals surface area contributed by atoms with Crippen LogP contribution in [0.2, 0.25) is 0 Å². The molecule has 1 heterocycles. The van der Waals surface area contributed by atoms with Crippen molar-refractivity contribution >= 4 is 33.4 Å². The maximum atomic E-state index is 12.4. The molecule has 0 unspecified atom stereocenters. The molecule has 0 saturated heterocycles. The number of ether oxygens (including phenoxy) is 1. The van der Waals surface area contributed by atoms with Gasteiger partial charge in [-0.25, -0.2) is 9.78 Å². The van der Waals surface area contributed by atoms with E-state index in [1.165, 1.54) is 22.4 Å². The summed E-state index contributed by atoms with van der Waals surface area (Å²) in [5.41, 5.74) is 3.99. The Hall–Kier alpha value is -2.73. The number of esters is 1. The number of hydrogen-bond acceptors (Lipinski definition) is 5. The van der Waals surface area contributed by atoms with Gasteiger partial charge in [0.05, 0.1) is 22.3 Å². The second kappa shape index (κ2) is 8.10. The van der Waals surface area contributed by atoms with Crippen LogP contribution in [0.25, 0.3) is 10.2 Å². The van der Waals surface area contributed by atoms with Crippen molar-refractivity contribution in [2.45, 2.75) is 32.2 Å². The van der Waals surface area contributed by atoms with Gasteiger partial charge in [-0.2, -0.15) is 0 Å². The minimum Gasteiger partial charge on any atom is -0.452 e. The van der Waals surface area contributed by atoms with Crippen molar-refractivity contribution in [1.82, 2.24) is 9.88 Å². The van der Waals surface area contributed by atoms with Crippen LogP contribution in [0.3, 0.4) is 0 Å². The highest BCUT2D eigenvalue weighted by molar-refractivity contribution is 7.18. The Morgan fingerprint density at radius 1 is 1.11 bits per heavy atom. The number of para-hydroxylation sites is 1. The average Bonchev–Trinajstić information content (AvgIpc) is 3.13. The van der Waals surface area contributed by atoms with Crippen LogP contribution >= 0.6 is 11.3 Å². The molecule has 1 amide bonds. The Labute approximate surface area is 168 Å². The number of fused-ring (bicyclic) bond motifs is 2. The first-order valence-electron chi connectivity index (χ1n) is 9.47. The molecule has 144 valence electrons. The summed E-state index contributed by atoms with van der Waals surface area (Å²) in [6, 6.07) is 13.6. The zero-order chi connectivity index (χ0) is 19.5.